The van der Waals surface area contributed by atoms with Crippen molar-refractivity contribution in [2.24, 2.45) is 11.8 Å². The minimum atomic E-state index is -0.404. The summed E-state index contributed by atoms with van der Waals surface area (Å²) in [7, 11) is 0. The molecule has 2 aromatic rings. The number of aromatic nitrogens is 1. The van der Waals surface area contributed by atoms with Crippen LogP contribution in [0, 0.1) is 23.2 Å². The van der Waals surface area contributed by atoms with Crippen LogP contribution in [0.4, 0.5) is 0 Å². The van der Waals surface area contributed by atoms with Crippen LogP contribution in [-0.2, 0) is 4.79 Å². The quantitative estimate of drug-likeness (QED) is 0.839. The van der Waals surface area contributed by atoms with E-state index in [1.807, 2.05) is 18.2 Å². The Hall–Kier alpha value is -2.94. The van der Waals surface area contributed by atoms with Gasteiger partial charge in [0.25, 0.3) is 5.91 Å². The fourth-order valence-electron chi connectivity index (χ4n) is 4.04. The summed E-state index contributed by atoms with van der Waals surface area (Å²) in [6.45, 7) is 0. The zero-order valence-electron chi connectivity index (χ0n) is 15.7. The predicted molar refractivity (Wildman–Crippen MR) is 105 cm³/mol. The van der Waals surface area contributed by atoms with Crippen molar-refractivity contribution < 1.29 is 9.59 Å². The fraction of sp³-hybridized carbons (Fsp3) is 0.455. The van der Waals surface area contributed by atoms with Gasteiger partial charge in [-0.3, -0.25) is 14.6 Å². The average molecular weight is 376 g/mol. The zero-order valence-corrected chi connectivity index (χ0v) is 15.7. The van der Waals surface area contributed by atoms with Gasteiger partial charge in [-0.05, 0) is 55.2 Å². The maximum Gasteiger partial charge on any atom is 0.251 e. The molecule has 2 fully saturated rings. The van der Waals surface area contributed by atoms with Crippen molar-refractivity contribution in [3.63, 3.8) is 0 Å². The Morgan fingerprint density at radius 3 is 2.71 bits per heavy atom. The molecule has 3 atom stereocenters. The number of carbonyl (C=O) groups excluding carboxylic acids is 2. The Morgan fingerprint density at radius 1 is 1.11 bits per heavy atom. The average Bonchev–Trinajstić information content (AvgIpc) is 3.57. The van der Waals surface area contributed by atoms with Crippen molar-refractivity contribution in [1.29, 1.82) is 5.26 Å². The summed E-state index contributed by atoms with van der Waals surface area (Å²) in [6.07, 6.45) is 8.93. The smallest absolute Gasteiger partial charge is 0.251 e. The lowest BCUT2D eigenvalue weighted by molar-refractivity contribution is -0.127. The molecule has 2 saturated carbocycles. The highest BCUT2D eigenvalue weighted by Gasteiger charge is 2.37. The monoisotopic (exact) mass is 376 g/mol. The van der Waals surface area contributed by atoms with Crippen LogP contribution in [0.3, 0.4) is 0 Å². The van der Waals surface area contributed by atoms with Gasteiger partial charge < -0.3 is 10.6 Å². The lowest BCUT2D eigenvalue weighted by Crippen LogP contribution is -2.50. The Labute approximate surface area is 164 Å². The molecule has 2 aliphatic rings. The molecule has 4 rings (SSSR count). The number of carbonyl (C=O) groups is 2. The molecule has 144 valence electrons. The number of benzene rings is 1. The molecule has 0 spiro atoms. The van der Waals surface area contributed by atoms with E-state index in [2.05, 4.69) is 21.7 Å². The number of hydrogen-bond donors (Lipinski definition) is 2. The third-order valence-electron chi connectivity index (χ3n) is 5.85. The number of rotatable bonds is 5. The van der Waals surface area contributed by atoms with Gasteiger partial charge in [-0.2, -0.15) is 5.26 Å². The number of nitrogens with zero attached hydrogens (tertiary/aromatic N) is 2. The van der Waals surface area contributed by atoms with Gasteiger partial charge >= 0.3 is 0 Å². The van der Waals surface area contributed by atoms with Gasteiger partial charge in [0.05, 0.1) is 12.0 Å². The summed E-state index contributed by atoms with van der Waals surface area (Å²) in [5.41, 5.74) is 0.568. The maximum atomic E-state index is 12.8. The first-order valence-corrected chi connectivity index (χ1v) is 10.0. The normalized spacial score (nSPS) is 22.8. The third kappa shape index (κ3) is 3.99. The first-order chi connectivity index (χ1) is 13.7. The summed E-state index contributed by atoms with van der Waals surface area (Å²) in [5.74, 6) is -0.271. The molecule has 2 aliphatic carbocycles. The van der Waals surface area contributed by atoms with Crippen LogP contribution < -0.4 is 10.6 Å². The van der Waals surface area contributed by atoms with E-state index in [0.717, 1.165) is 49.3 Å². The van der Waals surface area contributed by atoms with Crippen LogP contribution in [0.5, 0.6) is 0 Å². The summed E-state index contributed by atoms with van der Waals surface area (Å²) < 4.78 is 0. The summed E-state index contributed by atoms with van der Waals surface area (Å²) in [6, 6.07) is 9.04. The van der Waals surface area contributed by atoms with E-state index >= 15 is 0 Å². The number of pyridine rings is 1. The van der Waals surface area contributed by atoms with Gasteiger partial charge in [0.1, 0.15) is 6.04 Å². The molecule has 6 heteroatoms. The Morgan fingerprint density at radius 2 is 1.93 bits per heavy atom. The topological polar surface area (TPSA) is 94.9 Å². The minimum absolute atomic E-state index is 0.105. The van der Waals surface area contributed by atoms with Gasteiger partial charge in [-0.15, -0.1) is 0 Å². The van der Waals surface area contributed by atoms with Crippen molar-refractivity contribution in [1.82, 2.24) is 15.6 Å². The summed E-state index contributed by atoms with van der Waals surface area (Å²) in [5, 5.41) is 17.2. The van der Waals surface area contributed by atoms with Gasteiger partial charge in [-0.1, -0.05) is 18.9 Å². The lowest BCUT2D eigenvalue weighted by atomic mass is 9.83. The number of hydrogen-bond acceptors (Lipinski definition) is 4. The molecule has 1 aromatic carbocycles. The van der Waals surface area contributed by atoms with Crippen LogP contribution in [0.2, 0.25) is 0 Å². The number of nitriles is 1. The van der Waals surface area contributed by atoms with E-state index in [9.17, 15) is 14.9 Å². The molecule has 28 heavy (non-hydrogen) atoms. The predicted octanol–water partition coefficient (Wildman–Crippen LogP) is 2.94. The lowest BCUT2D eigenvalue weighted by Gasteiger charge is -2.32. The van der Waals surface area contributed by atoms with Gasteiger partial charge in [-0.25, -0.2) is 0 Å². The van der Waals surface area contributed by atoms with Crippen LogP contribution in [0.15, 0.2) is 36.7 Å². The Balaban J connectivity index is 1.45. The molecule has 6 nitrogen and oxygen atoms in total. The zero-order chi connectivity index (χ0) is 19.5. The minimum Gasteiger partial charge on any atom is -0.349 e. The first-order valence-electron chi connectivity index (χ1n) is 10.0. The van der Waals surface area contributed by atoms with Crippen LogP contribution in [-0.4, -0.2) is 28.9 Å². The Bertz CT molecular complexity index is 932. The molecule has 2 amide bonds. The van der Waals surface area contributed by atoms with Crippen molar-refractivity contribution in [3.8, 4) is 6.07 Å². The first kappa shape index (κ1) is 18.4. The molecular formula is C22H24N4O2. The van der Waals surface area contributed by atoms with E-state index < -0.39 is 6.04 Å². The molecule has 1 aromatic heterocycles. The molecule has 0 bridgehead atoms. The molecule has 0 radical (unpaired) electrons. The molecule has 0 aliphatic heterocycles. The molecule has 0 saturated heterocycles. The highest BCUT2D eigenvalue weighted by molar-refractivity contribution is 5.98. The number of fused-ring (bicyclic) bond motifs is 1. The van der Waals surface area contributed by atoms with E-state index in [-0.39, 0.29) is 29.7 Å². The van der Waals surface area contributed by atoms with E-state index in [0.29, 0.717) is 5.56 Å². The van der Waals surface area contributed by atoms with Crippen LogP contribution in [0.25, 0.3) is 10.8 Å². The molecule has 1 unspecified atom stereocenters. The van der Waals surface area contributed by atoms with E-state index in [1.54, 1.807) is 18.5 Å². The Kier molecular flexibility index (Phi) is 5.25. The largest absolute Gasteiger partial charge is 0.349 e. The highest BCUT2D eigenvalue weighted by atomic mass is 16.2. The third-order valence-corrected chi connectivity index (χ3v) is 5.85. The van der Waals surface area contributed by atoms with Crippen LogP contribution in [0.1, 0.15) is 48.9 Å². The number of amides is 2. The summed E-state index contributed by atoms with van der Waals surface area (Å²) >= 11 is 0. The fourth-order valence-corrected chi connectivity index (χ4v) is 4.04. The molecule has 1 heterocycles. The van der Waals surface area contributed by atoms with Crippen molar-refractivity contribution >= 4 is 22.6 Å². The molecular weight excluding hydrogens is 352 g/mol. The summed E-state index contributed by atoms with van der Waals surface area (Å²) in [4.78, 5) is 29.7. The van der Waals surface area contributed by atoms with Crippen molar-refractivity contribution in [2.45, 2.75) is 50.6 Å². The SMILES string of the molecule is N#CC(NC(=O)[C@@H]1CCCC[C@@H]1NC(=O)c1ccc2ccncc2c1)C1CC1. The van der Waals surface area contributed by atoms with Crippen molar-refractivity contribution in [3.05, 3.63) is 42.2 Å². The second kappa shape index (κ2) is 7.97. The second-order valence-corrected chi connectivity index (χ2v) is 7.86. The standard InChI is InChI=1S/C22H24N4O2/c23-12-20(15-6-7-15)26-22(28)18-3-1-2-4-19(18)25-21(27)16-8-5-14-9-10-24-13-17(14)11-16/h5,8-11,13,15,18-20H,1-4,6-7H2,(H,25,27)(H,26,28)/t18-,19+,20?/m1/s1. The second-order valence-electron chi connectivity index (χ2n) is 7.86. The maximum absolute atomic E-state index is 12.8. The number of nitrogens with one attached hydrogen (secondary N) is 2. The highest BCUT2D eigenvalue weighted by Crippen LogP contribution is 2.33. The van der Waals surface area contributed by atoms with E-state index in [4.69, 9.17) is 0 Å². The molecule has 2 N–H and O–H groups in total. The van der Waals surface area contributed by atoms with Crippen LogP contribution >= 0.6 is 0 Å². The van der Waals surface area contributed by atoms with Gasteiger partial charge in [0, 0.05) is 29.4 Å². The van der Waals surface area contributed by atoms with Crippen molar-refractivity contribution in [2.75, 3.05) is 0 Å². The van der Waals surface area contributed by atoms with Gasteiger partial charge in [0.15, 0.2) is 0 Å². The van der Waals surface area contributed by atoms with Gasteiger partial charge in [0.2, 0.25) is 5.91 Å². The van der Waals surface area contributed by atoms with E-state index in [1.165, 1.54) is 0 Å².